The molecule has 1 aromatic carbocycles. The van der Waals surface area contributed by atoms with E-state index in [2.05, 4.69) is 46.9 Å². The van der Waals surface area contributed by atoms with Crippen molar-refractivity contribution in [1.29, 1.82) is 0 Å². The van der Waals surface area contributed by atoms with E-state index in [4.69, 9.17) is 5.84 Å². The molecule has 0 spiro atoms. The van der Waals surface area contributed by atoms with Crippen molar-refractivity contribution in [2.45, 2.75) is 71.8 Å². The van der Waals surface area contributed by atoms with Crippen molar-refractivity contribution in [3.8, 4) is 5.75 Å². The Morgan fingerprint density at radius 1 is 1.00 bits per heavy atom. The fourth-order valence-electron chi connectivity index (χ4n) is 2.54. The first kappa shape index (κ1) is 21.0. The van der Waals surface area contributed by atoms with E-state index >= 15 is 0 Å². The monoisotopic (exact) mass is 349 g/mol. The molecule has 140 valence electrons. The summed E-state index contributed by atoms with van der Waals surface area (Å²) < 4.78 is 0. The Labute approximate surface area is 150 Å². The number of phenolic OH excluding ortho intramolecular Hbond substituents is 1. The molecular weight excluding hydrogens is 318 g/mol. The molecule has 0 aliphatic rings. The summed E-state index contributed by atoms with van der Waals surface area (Å²) in [6.07, 6.45) is 1.72. The summed E-state index contributed by atoms with van der Waals surface area (Å²) in [4.78, 5) is 22.9. The van der Waals surface area contributed by atoms with Gasteiger partial charge in [0.1, 0.15) is 5.75 Å². The number of hydrazine groups is 1. The molecule has 0 aliphatic carbocycles. The number of aromatic hydroxyl groups is 1. The molecule has 0 saturated carbocycles. The minimum absolute atomic E-state index is 0.187. The minimum Gasteiger partial charge on any atom is -0.507 e. The first-order chi connectivity index (χ1) is 11.5. The highest BCUT2D eigenvalue weighted by Gasteiger charge is 2.29. The van der Waals surface area contributed by atoms with Gasteiger partial charge in [0, 0.05) is 17.7 Å². The van der Waals surface area contributed by atoms with Crippen LogP contribution in [0.3, 0.4) is 0 Å². The Morgan fingerprint density at radius 3 is 1.80 bits per heavy atom. The summed E-state index contributed by atoms with van der Waals surface area (Å²) in [7, 11) is 0. The van der Waals surface area contributed by atoms with Crippen molar-refractivity contribution in [1.82, 2.24) is 10.7 Å². The number of phenols is 1. The van der Waals surface area contributed by atoms with Crippen LogP contribution >= 0.6 is 0 Å². The van der Waals surface area contributed by atoms with Gasteiger partial charge < -0.3 is 10.4 Å². The smallest absolute Gasteiger partial charge is 0.323 e. The summed E-state index contributed by atoms with van der Waals surface area (Å²) in [5.41, 5.74) is 3.92. The lowest BCUT2D eigenvalue weighted by molar-refractivity contribution is -0.139. The van der Waals surface area contributed by atoms with Gasteiger partial charge in [-0.1, -0.05) is 41.5 Å². The number of benzene rings is 1. The molecule has 0 radical (unpaired) electrons. The molecule has 0 fully saturated rings. The molecule has 0 bridgehead atoms. The molecule has 6 nitrogen and oxygen atoms in total. The second kappa shape index (κ2) is 7.87. The van der Waals surface area contributed by atoms with Crippen LogP contribution in [-0.4, -0.2) is 16.9 Å². The summed E-state index contributed by atoms with van der Waals surface area (Å²) >= 11 is 0. The number of hydrogen-bond acceptors (Lipinski definition) is 4. The van der Waals surface area contributed by atoms with Crippen molar-refractivity contribution in [3.05, 3.63) is 28.8 Å². The molecule has 0 unspecified atom stereocenters. The standard InChI is InChI=1S/C19H31N3O3/c1-7-18(3,4)13-9-12(11-21-16(24)17(25)22-20)10-14(15(13)23)19(5,6)8-2/h9-10,23H,7-8,11,20H2,1-6H3,(H,21,24)(H,22,25). The Morgan fingerprint density at radius 2 is 1.44 bits per heavy atom. The second-order valence-electron chi connectivity index (χ2n) is 7.67. The predicted octanol–water partition coefficient (Wildman–Crippen LogP) is 2.37. The highest BCUT2D eigenvalue weighted by atomic mass is 16.3. The molecule has 0 atom stereocenters. The average molecular weight is 349 g/mol. The van der Waals surface area contributed by atoms with Crippen LogP contribution in [0.5, 0.6) is 5.75 Å². The van der Waals surface area contributed by atoms with Gasteiger partial charge in [-0.05, 0) is 41.4 Å². The summed E-state index contributed by atoms with van der Waals surface area (Å²) in [5.74, 6) is 3.60. The average Bonchev–Trinajstić information content (AvgIpc) is 2.59. The lowest BCUT2D eigenvalue weighted by Crippen LogP contribution is -2.42. The van der Waals surface area contributed by atoms with Crippen LogP contribution in [0.4, 0.5) is 0 Å². The van der Waals surface area contributed by atoms with E-state index in [0.717, 1.165) is 29.5 Å². The van der Waals surface area contributed by atoms with Crippen LogP contribution in [0.15, 0.2) is 12.1 Å². The molecule has 1 rings (SSSR count). The molecule has 5 N–H and O–H groups in total. The van der Waals surface area contributed by atoms with Crippen molar-refractivity contribution >= 4 is 11.8 Å². The quantitative estimate of drug-likeness (QED) is 0.274. The van der Waals surface area contributed by atoms with E-state index < -0.39 is 11.8 Å². The Bertz CT molecular complexity index is 614. The maximum Gasteiger partial charge on any atom is 0.323 e. The van der Waals surface area contributed by atoms with Gasteiger partial charge in [0.15, 0.2) is 0 Å². The number of rotatable bonds is 6. The molecule has 2 amide bonds. The summed E-state index contributed by atoms with van der Waals surface area (Å²) in [6, 6.07) is 3.80. The predicted molar refractivity (Wildman–Crippen MR) is 98.9 cm³/mol. The summed E-state index contributed by atoms with van der Waals surface area (Å²) in [6.45, 7) is 12.6. The maximum atomic E-state index is 11.6. The normalized spacial score (nSPS) is 12.0. The highest BCUT2D eigenvalue weighted by molar-refractivity contribution is 6.34. The Hall–Kier alpha value is -2.08. The number of carbonyl (C=O) groups excluding carboxylic acids is 2. The molecule has 0 saturated heterocycles. The van der Waals surface area contributed by atoms with E-state index in [-0.39, 0.29) is 17.4 Å². The van der Waals surface area contributed by atoms with Crippen LogP contribution < -0.4 is 16.6 Å². The molecule has 0 aliphatic heterocycles. The fourth-order valence-corrected chi connectivity index (χ4v) is 2.54. The third-order valence-electron chi connectivity index (χ3n) is 5.19. The first-order valence-electron chi connectivity index (χ1n) is 8.65. The van der Waals surface area contributed by atoms with Crippen molar-refractivity contribution in [3.63, 3.8) is 0 Å². The number of nitrogens with two attached hydrogens (primary N) is 1. The lowest BCUT2D eigenvalue weighted by atomic mass is 9.75. The fraction of sp³-hybridized carbons (Fsp3) is 0.579. The van der Waals surface area contributed by atoms with Crippen molar-refractivity contribution in [2.24, 2.45) is 5.84 Å². The Kier molecular flexibility index (Phi) is 6.60. The zero-order valence-corrected chi connectivity index (χ0v) is 16.1. The van der Waals surface area contributed by atoms with Gasteiger partial charge in [-0.2, -0.15) is 0 Å². The summed E-state index contributed by atoms with van der Waals surface area (Å²) in [5, 5.41) is 13.4. The van der Waals surface area contributed by atoms with Gasteiger partial charge in [0.25, 0.3) is 0 Å². The first-order valence-corrected chi connectivity index (χ1v) is 8.65. The third kappa shape index (κ3) is 4.72. The van der Waals surface area contributed by atoms with Gasteiger partial charge in [0.2, 0.25) is 0 Å². The van der Waals surface area contributed by atoms with Crippen LogP contribution in [0.25, 0.3) is 0 Å². The molecule has 0 aromatic heterocycles. The van der Waals surface area contributed by atoms with Crippen LogP contribution in [0.2, 0.25) is 0 Å². The highest BCUT2D eigenvalue weighted by Crippen LogP contribution is 2.42. The van der Waals surface area contributed by atoms with E-state index in [1.807, 2.05) is 17.6 Å². The second-order valence-corrected chi connectivity index (χ2v) is 7.67. The van der Waals surface area contributed by atoms with Gasteiger partial charge in [0.05, 0.1) is 0 Å². The van der Waals surface area contributed by atoms with Gasteiger partial charge in [-0.15, -0.1) is 0 Å². The minimum atomic E-state index is -0.887. The molecular formula is C19H31N3O3. The Balaban J connectivity index is 3.35. The zero-order valence-electron chi connectivity index (χ0n) is 16.1. The van der Waals surface area contributed by atoms with Gasteiger partial charge in [-0.25, -0.2) is 5.84 Å². The maximum absolute atomic E-state index is 11.6. The van der Waals surface area contributed by atoms with Crippen molar-refractivity contribution < 1.29 is 14.7 Å². The van der Waals surface area contributed by atoms with E-state index in [1.54, 1.807) is 0 Å². The zero-order chi connectivity index (χ0) is 19.4. The van der Waals surface area contributed by atoms with E-state index in [0.29, 0.717) is 5.75 Å². The number of amides is 2. The number of nitrogens with one attached hydrogen (secondary N) is 2. The topological polar surface area (TPSA) is 104 Å². The molecule has 0 heterocycles. The third-order valence-corrected chi connectivity index (χ3v) is 5.19. The molecule has 6 heteroatoms. The van der Waals surface area contributed by atoms with E-state index in [9.17, 15) is 14.7 Å². The van der Waals surface area contributed by atoms with Crippen LogP contribution in [0.1, 0.15) is 71.1 Å². The molecule has 25 heavy (non-hydrogen) atoms. The van der Waals surface area contributed by atoms with Crippen LogP contribution in [-0.2, 0) is 27.0 Å². The molecule has 1 aromatic rings. The van der Waals surface area contributed by atoms with Crippen LogP contribution in [0, 0.1) is 0 Å². The van der Waals surface area contributed by atoms with E-state index in [1.165, 1.54) is 0 Å². The number of carbonyl (C=O) groups is 2. The SMILES string of the molecule is CCC(C)(C)c1cc(CNC(=O)C(=O)NN)cc(C(C)(C)CC)c1O. The lowest BCUT2D eigenvalue weighted by Gasteiger charge is -2.31. The van der Waals surface area contributed by atoms with Gasteiger partial charge in [-0.3, -0.25) is 15.0 Å². The number of hydrogen-bond donors (Lipinski definition) is 4. The largest absolute Gasteiger partial charge is 0.507 e. The van der Waals surface area contributed by atoms with Gasteiger partial charge >= 0.3 is 11.8 Å². The van der Waals surface area contributed by atoms with Crippen molar-refractivity contribution in [2.75, 3.05) is 0 Å².